The summed E-state index contributed by atoms with van der Waals surface area (Å²) in [5, 5.41) is 12.8. The molecule has 2 aromatic carbocycles. The minimum atomic E-state index is -0.0833. The number of Topliss-reactive ketones (excluding diaryl/α,β-unsaturated/α-hetero) is 1. The molecule has 0 aliphatic carbocycles. The molecule has 24 heavy (non-hydrogen) atoms. The molecular formula is C17H19N6O+. The van der Waals surface area contributed by atoms with Gasteiger partial charge < -0.3 is 5.73 Å². The lowest BCUT2D eigenvalue weighted by Gasteiger charge is -2.23. The van der Waals surface area contributed by atoms with E-state index in [-0.39, 0.29) is 12.3 Å². The lowest BCUT2D eigenvalue weighted by atomic mass is 10.1. The van der Waals surface area contributed by atoms with Gasteiger partial charge in [-0.1, -0.05) is 28.4 Å². The first-order chi connectivity index (χ1) is 11.5. The van der Waals surface area contributed by atoms with Crippen LogP contribution in [0.2, 0.25) is 0 Å². The summed E-state index contributed by atoms with van der Waals surface area (Å²) in [7, 11) is 3.93. The van der Waals surface area contributed by atoms with Gasteiger partial charge in [-0.25, -0.2) is 4.48 Å². The van der Waals surface area contributed by atoms with Crippen LogP contribution in [0, 0.1) is 0 Å². The van der Waals surface area contributed by atoms with Crippen LogP contribution in [0.5, 0.6) is 0 Å². The molecule has 0 bridgehead atoms. The van der Waals surface area contributed by atoms with Crippen molar-refractivity contribution in [3.63, 3.8) is 0 Å². The first-order valence-electron chi connectivity index (χ1n) is 7.56. The Balaban J connectivity index is 1.90. The second kappa shape index (κ2) is 6.31. The normalized spacial score (nSPS) is 11.5. The second-order valence-corrected chi connectivity index (χ2v) is 5.84. The molecule has 122 valence electrons. The summed E-state index contributed by atoms with van der Waals surface area (Å²) >= 11 is 0. The minimum absolute atomic E-state index is 0.00452. The largest absolute Gasteiger partial charge is 0.373 e. The highest BCUT2D eigenvalue weighted by Gasteiger charge is 2.28. The molecule has 0 aliphatic rings. The van der Waals surface area contributed by atoms with Crippen molar-refractivity contribution < 1.29 is 4.79 Å². The highest BCUT2D eigenvalue weighted by molar-refractivity contribution is 5.97. The number of nitrogens with zero attached hydrogens (tertiary/aromatic N) is 5. The van der Waals surface area contributed by atoms with Crippen molar-refractivity contribution in [2.75, 3.05) is 20.6 Å². The number of para-hydroxylation sites is 1. The Kier molecular flexibility index (Phi) is 4.20. The SMILES string of the molecule is C[N+](C)(c1ccc(C(=O)CN)cc1)c1nnn(-c2ccccc2)n1. The predicted molar refractivity (Wildman–Crippen MR) is 92.3 cm³/mol. The third-order valence-corrected chi connectivity index (χ3v) is 3.91. The van der Waals surface area contributed by atoms with E-state index in [0.717, 1.165) is 11.4 Å². The molecule has 1 heterocycles. The van der Waals surface area contributed by atoms with Gasteiger partial charge in [0, 0.05) is 17.7 Å². The third-order valence-electron chi connectivity index (χ3n) is 3.91. The average molecular weight is 323 g/mol. The fraction of sp³-hybridized carbons (Fsp3) is 0.176. The van der Waals surface area contributed by atoms with Crippen molar-refractivity contribution in [3.8, 4) is 5.69 Å². The summed E-state index contributed by atoms with van der Waals surface area (Å²) < 4.78 is 0.309. The Morgan fingerprint density at radius 1 is 1.08 bits per heavy atom. The number of aromatic nitrogens is 4. The van der Waals surface area contributed by atoms with Crippen molar-refractivity contribution in [2.45, 2.75) is 0 Å². The maximum absolute atomic E-state index is 11.6. The van der Waals surface area contributed by atoms with Crippen molar-refractivity contribution in [3.05, 3.63) is 60.2 Å². The number of carbonyl (C=O) groups is 1. The lowest BCUT2D eigenvalue weighted by molar-refractivity contribution is 0.100. The number of quaternary nitrogens is 1. The molecule has 0 saturated heterocycles. The van der Waals surface area contributed by atoms with E-state index in [1.807, 2.05) is 56.6 Å². The van der Waals surface area contributed by atoms with Gasteiger partial charge in [-0.15, -0.1) is 4.80 Å². The summed E-state index contributed by atoms with van der Waals surface area (Å²) in [6.45, 7) is 0.00452. The number of ketones is 1. The third kappa shape index (κ3) is 2.94. The molecule has 3 rings (SSSR count). The molecule has 0 saturated carbocycles. The average Bonchev–Trinajstić information content (AvgIpc) is 3.13. The molecule has 3 aromatic rings. The number of rotatable bonds is 5. The number of benzene rings is 2. The summed E-state index contributed by atoms with van der Waals surface area (Å²) in [5.74, 6) is 0.469. The first-order valence-corrected chi connectivity index (χ1v) is 7.56. The van der Waals surface area contributed by atoms with Crippen molar-refractivity contribution in [1.29, 1.82) is 0 Å². The van der Waals surface area contributed by atoms with Crippen LogP contribution in [0.25, 0.3) is 5.69 Å². The molecule has 2 N–H and O–H groups in total. The van der Waals surface area contributed by atoms with Gasteiger partial charge in [-0.05, 0) is 29.5 Å². The Labute approximate surface area is 139 Å². The summed E-state index contributed by atoms with van der Waals surface area (Å²) in [4.78, 5) is 13.1. The van der Waals surface area contributed by atoms with E-state index in [1.54, 1.807) is 12.1 Å². The summed E-state index contributed by atoms with van der Waals surface area (Å²) in [5.41, 5.74) is 7.78. The van der Waals surface area contributed by atoms with Crippen LogP contribution >= 0.6 is 0 Å². The molecule has 0 amide bonds. The lowest BCUT2D eigenvalue weighted by Crippen LogP contribution is -2.35. The monoisotopic (exact) mass is 323 g/mol. The molecule has 0 fully saturated rings. The number of nitrogens with two attached hydrogens (primary N) is 1. The van der Waals surface area contributed by atoms with Gasteiger partial charge in [0.15, 0.2) is 5.78 Å². The maximum Gasteiger partial charge on any atom is 0.373 e. The summed E-state index contributed by atoms with van der Waals surface area (Å²) in [6, 6.07) is 16.9. The van der Waals surface area contributed by atoms with Crippen LogP contribution < -0.4 is 10.2 Å². The van der Waals surface area contributed by atoms with Crippen molar-refractivity contribution in [1.82, 2.24) is 24.7 Å². The molecule has 7 heteroatoms. The first kappa shape index (κ1) is 16.0. The summed E-state index contributed by atoms with van der Waals surface area (Å²) in [6.07, 6.45) is 0. The Morgan fingerprint density at radius 3 is 2.38 bits per heavy atom. The molecule has 0 atom stereocenters. The van der Waals surface area contributed by atoms with Gasteiger partial charge in [0.25, 0.3) is 0 Å². The molecule has 1 aromatic heterocycles. The molecular weight excluding hydrogens is 304 g/mol. The molecule has 0 aliphatic heterocycles. The van der Waals surface area contributed by atoms with Crippen LogP contribution in [0.4, 0.5) is 11.6 Å². The van der Waals surface area contributed by atoms with E-state index in [0.29, 0.717) is 16.0 Å². The van der Waals surface area contributed by atoms with E-state index in [9.17, 15) is 4.79 Å². The zero-order valence-corrected chi connectivity index (χ0v) is 13.6. The van der Waals surface area contributed by atoms with Gasteiger partial charge in [0.1, 0.15) is 5.69 Å². The van der Waals surface area contributed by atoms with E-state index in [4.69, 9.17) is 5.73 Å². The highest BCUT2D eigenvalue weighted by atomic mass is 16.1. The van der Waals surface area contributed by atoms with Gasteiger partial charge in [-0.2, -0.15) is 0 Å². The van der Waals surface area contributed by atoms with E-state index < -0.39 is 0 Å². The van der Waals surface area contributed by atoms with Crippen LogP contribution in [0.3, 0.4) is 0 Å². The molecule has 7 nitrogen and oxygen atoms in total. The van der Waals surface area contributed by atoms with Gasteiger partial charge in [0.05, 0.1) is 26.3 Å². The zero-order valence-electron chi connectivity index (χ0n) is 13.6. The van der Waals surface area contributed by atoms with E-state index >= 15 is 0 Å². The second-order valence-electron chi connectivity index (χ2n) is 5.84. The topological polar surface area (TPSA) is 86.7 Å². The number of hydrogen-bond donors (Lipinski definition) is 1. The standard InChI is InChI=1S/C17H19N6O/c1-23(2,15-10-8-13(9-11-15)16(24)12-18)17-19-21-22(20-17)14-6-4-3-5-7-14/h3-11H,12,18H2,1-2H3/q+1. The van der Waals surface area contributed by atoms with Gasteiger partial charge in [-0.3, -0.25) is 4.79 Å². The van der Waals surface area contributed by atoms with Crippen LogP contribution in [0.1, 0.15) is 10.4 Å². The van der Waals surface area contributed by atoms with Crippen LogP contribution in [-0.2, 0) is 0 Å². The minimum Gasteiger partial charge on any atom is -0.324 e. The molecule has 0 unspecified atom stereocenters. The Hall–Kier alpha value is -2.90. The van der Waals surface area contributed by atoms with E-state index in [1.165, 1.54) is 4.80 Å². The number of carbonyl (C=O) groups excluding carboxylic acids is 1. The van der Waals surface area contributed by atoms with Gasteiger partial charge in [0.2, 0.25) is 0 Å². The highest BCUT2D eigenvalue weighted by Crippen LogP contribution is 2.27. The molecule has 0 spiro atoms. The quantitative estimate of drug-likeness (QED) is 0.570. The number of tetrazole rings is 1. The molecule has 0 radical (unpaired) electrons. The fourth-order valence-electron chi connectivity index (χ4n) is 2.35. The van der Waals surface area contributed by atoms with Crippen molar-refractivity contribution in [2.24, 2.45) is 5.73 Å². The zero-order chi connectivity index (χ0) is 17.2. The fourth-order valence-corrected chi connectivity index (χ4v) is 2.35. The maximum atomic E-state index is 11.6. The van der Waals surface area contributed by atoms with Gasteiger partial charge >= 0.3 is 5.95 Å². The van der Waals surface area contributed by atoms with Crippen LogP contribution in [0.15, 0.2) is 54.6 Å². The van der Waals surface area contributed by atoms with Crippen molar-refractivity contribution >= 4 is 17.4 Å². The smallest absolute Gasteiger partial charge is 0.324 e. The van der Waals surface area contributed by atoms with E-state index in [2.05, 4.69) is 15.4 Å². The Bertz CT molecular complexity index is 839. The Morgan fingerprint density at radius 2 is 1.75 bits per heavy atom. The number of hydrogen-bond acceptors (Lipinski definition) is 5. The predicted octanol–water partition coefficient (Wildman–Crippen LogP) is 1.70. The van der Waals surface area contributed by atoms with Crippen LogP contribution in [-0.4, -0.2) is 46.6 Å².